The molecule has 0 saturated carbocycles. The third-order valence-electron chi connectivity index (χ3n) is 6.02. The number of hydrazone groups is 1. The molecular formula is C24H20BrN3O4. The zero-order valence-corrected chi connectivity index (χ0v) is 19.1. The van der Waals surface area contributed by atoms with Crippen LogP contribution in [0.5, 0.6) is 11.5 Å². The van der Waals surface area contributed by atoms with Crippen molar-refractivity contribution in [2.45, 2.75) is 25.1 Å². The van der Waals surface area contributed by atoms with Crippen LogP contribution in [-0.4, -0.2) is 22.8 Å². The van der Waals surface area contributed by atoms with Crippen molar-refractivity contribution < 1.29 is 14.4 Å². The van der Waals surface area contributed by atoms with E-state index in [9.17, 15) is 10.1 Å². The number of rotatable bonds is 4. The summed E-state index contributed by atoms with van der Waals surface area (Å²) in [6.45, 7) is 1.95. The molecule has 2 heterocycles. The number of nitro groups is 1. The minimum Gasteiger partial charge on any atom is -0.497 e. The summed E-state index contributed by atoms with van der Waals surface area (Å²) >= 11 is 3.57. The molecule has 0 spiro atoms. The van der Waals surface area contributed by atoms with Crippen molar-refractivity contribution in [2.24, 2.45) is 5.10 Å². The molecule has 5 rings (SSSR count). The topological polar surface area (TPSA) is 77.2 Å². The van der Waals surface area contributed by atoms with Crippen molar-refractivity contribution in [2.75, 3.05) is 7.11 Å². The van der Waals surface area contributed by atoms with Gasteiger partial charge in [0, 0.05) is 41.1 Å². The molecule has 2 atom stereocenters. The minimum atomic E-state index is -0.922. The normalized spacial score (nSPS) is 21.3. The van der Waals surface area contributed by atoms with E-state index in [2.05, 4.69) is 22.0 Å². The largest absolute Gasteiger partial charge is 0.497 e. The van der Waals surface area contributed by atoms with E-state index in [4.69, 9.17) is 14.6 Å². The van der Waals surface area contributed by atoms with Gasteiger partial charge >= 0.3 is 0 Å². The first kappa shape index (κ1) is 20.5. The Hall–Kier alpha value is -3.39. The van der Waals surface area contributed by atoms with Crippen LogP contribution in [-0.2, 0) is 5.72 Å². The summed E-state index contributed by atoms with van der Waals surface area (Å²) in [7, 11) is 1.64. The molecule has 0 N–H and O–H groups in total. The van der Waals surface area contributed by atoms with Gasteiger partial charge in [-0.1, -0.05) is 15.9 Å². The monoisotopic (exact) mass is 493 g/mol. The molecule has 0 unspecified atom stereocenters. The molecule has 162 valence electrons. The Morgan fingerprint density at radius 2 is 1.88 bits per heavy atom. The van der Waals surface area contributed by atoms with Crippen molar-refractivity contribution in [1.82, 2.24) is 5.01 Å². The molecular weight excluding hydrogens is 474 g/mol. The van der Waals surface area contributed by atoms with Crippen LogP contribution in [0, 0.1) is 10.1 Å². The summed E-state index contributed by atoms with van der Waals surface area (Å²) in [5.41, 5.74) is 2.92. The molecule has 0 amide bonds. The number of hydrogen-bond acceptors (Lipinski definition) is 6. The Kier molecular flexibility index (Phi) is 4.89. The van der Waals surface area contributed by atoms with Gasteiger partial charge in [0.2, 0.25) is 5.72 Å². The van der Waals surface area contributed by atoms with Gasteiger partial charge in [-0.15, -0.1) is 0 Å². The quantitative estimate of drug-likeness (QED) is 0.339. The zero-order valence-electron chi connectivity index (χ0n) is 17.5. The highest BCUT2D eigenvalue weighted by Gasteiger charge is 2.49. The second-order valence-electron chi connectivity index (χ2n) is 7.91. The van der Waals surface area contributed by atoms with E-state index in [-0.39, 0.29) is 11.7 Å². The summed E-state index contributed by atoms with van der Waals surface area (Å²) in [5, 5.41) is 18.1. The average Bonchev–Trinajstić information content (AvgIpc) is 3.27. The first-order valence-corrected chi connectivity index (χ1v) is 10.9. The van der Waals surface area contributed by atoms with Crippen LogP contribution in [0.15, 0.2) is 76.3 Å². The van der Waals surface area contributed by atoms with Gasteiger partial charge in [0.05, 0.1) is 23.8 Å². The maximum absolute atomic E-state index is 11.1. The smallest absolute Gasteiger partial charge is 0.269 e. The molecule has 2 aliphatic rings. The van der Waals surface area contributed by atoms with Crippen LogP contribution in [0.4, 0.5) is 5.69 Å². The molecule has 32 heavy (non-hydrogen) atoms. The molecule has 0 saturated heterocycles. The number of hydrogen-bond donors (Lipinski definition) is 0. The van der Waals surface area contributed by atoms with Crippen molar-refractivity contribution in [3.63, 3.8) is 0 Å². The fraction of sp³-hybridized carbons (Fsp3) is 0.208. The number of nitro benzene ring substituents is 1. The number of fused-ring (bicyclic) bond motifs is 3. The predicted molar refractivity (Wildman–Crippen MR) is 124 cm³/mol. The van der Waals surface area contributed by atoms with E-state index < -0.39 is 10.6 Å². The SMILES string of the molecule is COc1ccc(C2=NN3[C@@H](C2)c2cc(Br)ccc2O[C@@]3(C)c2ccc([N+](=O)[O-])cc2)cc1. The predicted octanol–water partition coefficient (Wildman–Crippen LogP) is 5.78. The summed E-state index contributed by atoms with van der Waals surface area (Å²) < 4.78 is 12.8. The molecule has 0 fully saturated rings. The second-order valence-corrected chi connectivity index (χ2v) is 8.83. The molecule has 7 nitrogen and oxygen atoms in total. The zero-order chi connectivity index (χ0) is 22.5. The number of nitrogens with zero attached hydrogens (tertiary/aromatic N) is 3. The lowest BCUT2D eigenvalue weighted by Crippen LogP contribution is -2.48. The molecule has 0 bridgehead atoms. The van der Waals surface area contributed by atoms with Crippen LogP contribution in [0.25, 0.3) is 0 Å². The number of methoxy groups -OCH3 is 1. The highest BCUT2D eigenvalue weighted by Crippen LogP contribution is 2.51. The Bertz CT molecular complexity index is 1230. The van der Waals surface area contributed by atoms with Gasteiger partial charge in [-0.3, -0.25) is 10.1 Å². The van der Waals surface area contributed by atoms with Gasteiger partial charge in [-0.2, -0.15) is 5.10 Å². The van der Waals surface area contributed by atoms with Crippen LogP contribution < -0.4 is 9.47 Å². The summed E-state index contributed by atoms with van der Waals surface area (Å²) in [6.07, 6.45) is 0.710. The lowest BCUT2D eigenvalue weighted by Gasteiger charge is -2.46. The Labute approximate surface area is 193 Å². The molecule has 0 radical (unpaired) electrons. The summed E-state index contributed by atoms with van der Waals surface area (Å²) in [4.78, 5) is 10.7. The van der Waals surface area contributed by atoms with E-state index in [0.29, 0.717) is 6.42 Å². The second kappa shape index (κ2) is 7.63. The maximum Gasteiger partial charge on any atom is 0.269 e. The van der Waals surface area contributed by atoms with Gasteiger partial charge in [-0.25, -0.2) is 5.01 Å². The summed E-state index contributed by atoms with van der Waals surface area (Å²) in [6, 6.07) is 20.3. The molecule has 0 aromatic heterocycles. The van der Waals surface area contributed by atoms with Gasteiger partial charge in [-0.05, 0) is 60.2 Å². The van der Waals surface area contributed by atoms with Gasteiger partial charge < -0.3 is 9.47 Å². The molecule has 0 aliphatic carbocycles. The first-order chi connectivity index (χ1) is 15.4. The van der Waals surface area contributed by atoms with Gasteiger partial charge in [0.15, 0.2) is 0 Å². The van der Waals surface area contributed by atoms with Crippen molar-refractivity contribution in [3.05, 3.63) is 98.0 Å². The highest BCUT2D eigenvalue weighted by molar-refractivity contribution is 9.10. The number of halogens is 1. The third-order valence-corrected chi connectivity index (χ3v) is 6.52. The molecule has 2 aliphatic heterocycles. The Morgan fingerprint density at radius 3 is 2.53 bits per heavy atom. The minimum absolute atomic E-state index is 0.0338. The van der Waals surface area contributed by atoms with E-state index >= 15 is 0 Å². The molecule has 3 aromatic rings. The fourth-order valence-electron chi connectivity index (χ4n) is 4.32. The third kappa shape index (κ3) is 3.31. The van der Waals surface area contributed by atoms with Crippen molar-refractivity contribution in [3.8, 4) is 11.5 Å². The number of benzene rings is 3. The van der Waals surface area contributed by atoms with Crippen LogP contribution in [0.3, 0.4) is 0 Å². The highest BCUT2D eigenvalue weighted by atomic mass is 79.9. The van der Waals surface area contributed by atoms with E-state index in [1.54, 1.807) is 19.2 Å². The lowest BCUT2D eigenvalue weighted by atomic mass is 9.92. The summed E-state index contributed by atoms with van der Waals surface area (Å²) in [5.74, 6) is 1.57. The Balaban J connectivity index is 1.61. The van der Waals surface area contributed by atoms with Gasteiger partial charge in [0.25, 0.3) is 5.69 Å². The molecule has 3 aromatic carbocycles. The van der Waals surface area contributed by atoms with Crippen molar-refractivity contribution >= 4 is 27.3 Å². The van der Waals surface area contributed by atoms with Crippen LogP contribution in [0.2, 0.25) is 0 Å². The van der Waals surface area contributed by atoms with Crippen LogP contribution in [0.1, 0.15) is 36.1 Å². The van der Waals surface area contributed by atoms with E-state index in [0.717, 1.165) is 38.4 Å². The average molecular weight is 494 g/mol. The molecule has 8 heteroatoms. The number of ether oxygens (including phenoxy) is 2. The van der Waals surface area contributed by atoms with E-state index in [1.165, 1.54) is 12.1 Å². The standard InChI is InChI=1S/C24H20BrN3O4/c1-24(16-5-8-18(9-6-16)28(29)30)27-22(20-13-17(25)7-12-23(20)32-24)14-21(26-27)15-3-10-19(31-2)11-4-15/h3-13,22H,14H2,1-2H3/t22-,24-/m0/s1. The first-order valence-electron chi connectivity index (χ1n) is 10.1. The maximum atomic E-state index is 11.1. The Morgan fingerprint density at radius 1 is 1.16 bits per heavy atom. The van der Waals surface area contributed by atoms with Crippen molar-refractivity contribution in [1.29, 1.82) is 0 Å². The lowest BCUT2D eigenvalue weighted by molar-refractivity contribution is -0.384. The number of non-ortho nitro benzene ring substituents is 1. The van der Waals surface area contributed by atoms with Crippen LogP contribution >= 0.6 is 15.9 Å². The fourth-order valence-corrected chi connectivity index (χ4v) is 4.70. The van der Waals surface area contributed by atoms with Gasteiger partial charge in [0.1, 0.15) is 11.5 Å². The van der Waals surface area contributed by atoms with E-state index in [1.807, 2.05) is 48.3 Å².